The molecular formula is C47H52F3N7O7. The molecule has 2 saturated carbocycles. The van der Waals surface area contributed by atoms with Gasteiger partial charge in [0.1, 0.15) is 22.9 Å². The number of hydrogen-bond acceptors (Lipinski definition) is 11. The molecule has 2 saturated heterocycles. The van der Waals surface area contributed by atoms with Gasteiger partial charge in [-0.05, 0) is 139 Å². The maximum atomic E-state index is 13.5. The molecule has 64 heavy (non-hydrogen) atoms. The molecular weight excluding hydrogens is 832 g/mol. The zero-order valence-electron chi connectivity index (χ0n) is 35.9. The van der Waals surface area contributed by atoms with Gasteiger partial charge in [0.25, 0.3) is 17.7 Å². The molecule has 2 aromatic heterocycles. The zero-order chi connectivity index (χ0) is 45.1. The minimum Gasteiger partial charge on any atom is -0.440 e. The highest BCUT2D eigenvalue weighted by atomic mass is 19.4. The van der Waals surface area contributed by atoms with Gasteiger partial charge in [-0.25, -0.2) is 9.97 Å². The predicted molar refractivity (Wildman–Crippen MR) is 228 cm³/mol. The minimum atomic E-state index is -4.71. The number of anilines is 2. The molecule has 4 N–H and O–H groups in total. The number of aliphatic hydroxyl groups is 1. The number of fused-ring (bicyclic) bond motifs is 2. The Hall–Kier alpha value is -5.68. The van der Waals surface area contributed by atoms with E-state index in [0.29, 0.717) is 52.0 Å². The second-order valence-corrected chi connectivity index (χ2v) is 19.0. The number of piperidine rings is 2. The summed E-state index contributed by atoms with van der Waals surface area (Å²) in [6.07, 6.45) is 5.09. The van der Waals surface area contributed by atoms with Crippen molar-refractivity contribution in [3.8, 4) is 0 Å². The van der Waals surface area contributed by atoms with Gasteiger partial charge in [-0.15, -0.1) is 0 Å². The lowest BCUT2D eigenvalue weighted by molar-refractivity contribution is -0.141. The number of aromatic nitrogens is 2. The number of alkyl halides is 3. The number of halogens is 3. The van der Waals surface area contributed by atoms with Crippen LogP contribution in [0.25, 0.3) is 11.1 Å². The van der Waals surface area contributed by atoms with Crippen molar-refractivity contribution in [1.29, 1.82) is 0 Å². The minimum absolute atomic E-state index is 0.0761. The second-order valence-electron chi connectivity index (χ2n) is 19.0. The van der Waals surface area contributed by atoms with Crippen LogP contribution in [-0.4, -0.2) is 86.6 Å². The first kappa shape index (κ1) is 43.6. The van der Waals surface area contributed by atoms with Gasteiger partial charge in [-0.1, -0.05) is 12.1 Å². The molecule has 3 aliphatic heterocycles. The van der Waals surface area contributed by atoms with E-state index in [-0.39, 0.29) is 35.6 Å². The fourth-order valence-electron chi connectivity index (χ4n) is 10.7. The van der Waals surface area contributed by atoms with E-state index < -0.39 is 58.7 Å². The number of carbonyl (C=O) groups is 5. The number of likely N-dealkylation sites (tertiary alicyclic amines) is 1. The monoisotopic (exact) mass is 883 g/mol. The van der Waals surface area contributed by atoms with Crippen molar-refractivity contribution in [2.75, 3.05) is 36.8 Å². The van der Waals surface area contributed by atoms with Crippen LogP contribution in [0.3, 0.4) is 0 Å². The number of hydrogen-bond donors (Lipinski definition) is 4. The molecule has 1 atom stereocenters. The lowest BCUT2D eigenvalue weighted by Gasteiger charge is -2.53. The Bertz CT molecular complexity index is 2510. The highest BCUT2D eigenvalue weighted by Crippen LogP contribution is 2.54. The Morgan fingerprint density at radius 3 is 2.36 bits per heavy atom. The maximum Gasteiger partial charge on any atom is 0.433 e. The Kier molecular flexibility index (Phi) is 11.4. The molecule has 0 bridgehead atoms. The van der Waals surface area contributed by atoms with Crippen LogP contribution < -0.4 is 16.0 Å². The SMILES string of the molecule is CC(C)(O)c1cc2nc(C3CCC(CN4CCC5(CC4)CC(CCNc4cccc6c4C(=O)N(C4CCC(=O)NC4=O)C6=O)C5)CC3)oc2cc1NC(=O)c1cccc(C(F)(F)F)n1. The first-order chi connectivity index (χ1) is 30.4. The Morgan fingerprint density at radius 2 is 1.66 bits per heavy atom. The van der Waals surface area contributed by atoms with Gasteiger partial charge in [-0.2, -0.15) is 13.2 Å². The van der Waals surface area contributed by atoms with Gasteiger partial charge < -0.3 is 25.1 Å². The summed E-state index contributed by atoms with van der Waals surface area (Å²) in [5.74, 6) is -1.02. The lowest BCUT2D eigenvalue weighted by Crippen LogP contribution is -2.54. The molecule has 338 valence electrons. The van der Waals surface area contributed by atoms with E-state index in [1.807, 2.05) is 0 Å². The molecule has 17 heteroatoms. The second kappa shape index (κ2) is 16.7. The van der Waals surface area contributed by atoms with Gasteiger partial charge in [0, 0.05) is 42.7 Å². The molecule has 4 aromatic rings. The Balaban J connectivity index is 0.730. The smallest absolute Gasteiger partial charge is 0.433 e. The van der Waals surface area contributed by atoms with E-state index in [1.165, 1.54) is 31.7 Å². The van der Waals surface area contributed by atoms with Crippen LogP contribution in [0, 0.1) is 17.3 Å². The van der Waals surface area contributed by atoms with Crippen molar-refractivity contribution in [1.82, 2.24) is 25.1 Å². The molecule has 14 nitrogen and oxygen atoms in total. The van der Waals surface area contributed by atoms with Gasteiger partial charge in [0.05, 0.1) is 22.4 Å². The highest BCUT2D eigenvalue weighted by molar-refractivity contribution is 6.25. The average Bonchev–Trinajstić information content (AvgIpc) is 3.77. The quantitative estimate of drug-likeness (QED) is 0.110. The van der Waals surface area contributed by atoms with E-state index >= 15 is 0 Å². The number of nitrogens with zero attached hydrogens (tertiary/aromatic N) is 4. The molecule has 4 fully saturated rings. The molecule has 5 heterocycles. The van der Waals surface area contributed by atoms with Gasteiger partial charge in [-0.3, -0.25) is 34.2 Å². The van der Waals surface area contributed by atoms with E-state index in [4.69, 9.17) is 9.40 Å². The topological polar surface area (TPSA) is 187 Å². The Morgan fingerprint density at radius 1 is 0.922 bits per heavy atom. The largest absolute Gasteiger partial charge is 0.440 e. The predicted octanol–water partition coefficient (Wildman–Crippen LogP) is 7.39. The summed E-state index contributed by atoms with van der Waals surface area (Å²) < 4.78 is 46.0. The molecule has 2 aliphatic carbocycles. The van der Waals surface area contributed by atoms with Crippen molar-refractivity contribution >= 4 is 52.0 Å². The molecule has 9 rings (SSSR count). The molecule has 1 unspecified atom stereocenters. The van der Waals surface area contributed by atoms with Crippen molar-refractivity contribution in [3.05, 3.63) is 82.5 Å². The molecule has 5 aliphatic rings. The maximum absolute atomic E-state index is 13.5. The number of carbonyl (C=O) groups excluding carboxylic acids is 5. The lowest BCUT2D eigenvalue weighted by atomic mass is 9.57. The number of rotatable bonds is 11. The summed E-state index contributed by atoms with van der Waals surface area (Å²) in [6, 6.07) is 10.5. The fourth-order valence-corrected chi connectivity index (χ4v) is 10.7. The fraction of sp³-hybridized carbons (Fsp3) is 0.511. The van der Waals surface area contributed by atoms with Crippen molar-refractivity contribution in [2.45, 2.75) is 108 Å². The summed E-state index contributed by atoms with van der Waals surface area (Å²) in [4.78, 5) is 75.8. The summed E-state index contributed by atoms with van der Waals surface area (Å²) in [7, 11) is 0. The van der Waals surface area contributed by atoms with Crippen LogP contribution in [0.5, 0.6) is 0 Å². The number of oxazole rings is 1. The zero-order valence-corrected chi connectivity index (χ0v) is 35.9. The molecule has 2 aromatic carbocycles. The van der Waals surface area contributed by atoms with Crippen molar-refractivity contribution in [2.24, 2.45) is 17.3 Å². The number of nitrogens with one attached hydrogen (secondary N) is 3. The Labute approximate surface area is 367 Å². The van der Waals surface area contributed by atoms with Crippen LogP contribution in [0.15, 0.2) is 52.9 Å². The first-order valence-electron chi connectivity index (χ1n) is 22.3. The van der Waals surface area contributed by atoms with Crippen LogP contribution >= 0.6 is 0 Å². The van der Waals surface area contributed by atoms with Gasteiger partial charge in [0.2, 0.25) is 11.8 Å². The summed E-state index contributed by atoms with van der Waals surface area (Å²) >= 11 is 0. The van der Waals surface area contributed by atoms with E-state index in [1.54, 1.807) is 44.2 Å². The standard InChI is InChI=1S/C47H52F3N7O7/c1-45(2,63)30-21-34-36(22-33(30)53-40(59)32-7-4-8-37(52-32)47(48,49)50)64-42(54-34)28-11-9-26(10-12-28)25-56-19-16-46(17-20-56)23-27(24-46)15-18-51-31-6-3-5-29-39(31)44(62)57(43(29)61)35-13-14-38(58)55-41(35)60/h3-8,21-22,26-28,35,51,63H,9-20,23-25H2,1-2H3,(H,53,59)(H,55,58,60). The van der Waals surface area contributed by atoms with Crippen LogP contribution in [-0.2, 0) is 21.4 Å². The van der Waals surface area contributed by atoms with Gasteiger partial charge in [0.15, 0.2) is 11.5 Å². The van der Waals surface area contributed by atoms with Crippen LogP contribution in [0.2, 0.25) is 0 Å². The first-order valence-corrected chi connectivity index (χ1v) is 22.3. The highest BCUT2D eigenvalue weighted by Gasteiger charge is 2.47. The summed E-state index contributed by atoms with van der Waals surface area (Å²) in [5, 5.41) is 19.2. The van der Waals surface area contributed by atoms with Crippen LogP contribution in [0.4, 0.5) is 24.5 Å². The average molecular weight is 884 g/mol. The third-order valence-corrected chi connectivity index (χ3v) is 14.1. The van der Waals surface area contributed by atoms with E-state index in [9.17, 15) is 42.3 Å². The van der Waals surface area contributed by atoms with E-state index in [0.717, 1.165) is 68.8 Å². The number of imide groups is 2. The number of pyridine rings is 1. The molecule has 1 spiro atoms. The van der Waals surface area contributed by atoms with Crippen LogP contribution in [0.1, 0.15) is 139 Å². The summed E-state index contributed by atoms with van der Waals surface area (Å²) in [5.41, 5.74) is -0.000925. The van der Waals surface area contributed by atoms with Crippen molar-refractivity contribution < 1.29 is 46.7 Å². The molecule has 5 amide bonds. The summed E-state index contributed by atoms with van der Waals surface area (Å²) in [6.45, 7) is 7.00. The van der Waals surface area contributed by atoms with Crippen molar-refractivity contribution in [3.63, 3.8) is 0 Å². The number of amides is 5. The van der Waals surface area contributed by atoms with Gasteiger partial charge >= 0.3 is 6.18 Å². The van der Waals surface area contributed by atoms with E-state index in [2.05, 4.69) is 25.8 Å². The third-order valence-electron chi connectivity index (χ3n) is 14.1. The molecule has 0 radical (unpaired) electrons. The normalized spacial score (nSPS) is 23.0. The number of benzene rings is 2. The third kappa shape index (κ3) is 8.63.